The van der Waals surface area contributed by atoms with Crippen molar-refractivity contribution in [2.45, 2.75) is 64.5 Å². The van der Waals surface area contributed by atoms with Gasteiger partial charge in [0.15, 0.2) is 5.96 Å². The van der Waals surface area contributed by atoms with Crippen molar-refractivity contribution in [1.29, 1.82) is 0 Å². The molecule has 0 spiro atoms. The molecule has 1 aliphatic carbocycles. The van der Waals surface area contributed by atoms with Crippen molar-refractivity contribution in [1.82, 2.24) is 25.4 Å². The summed E-state index contributed by atoms with van der Waals surface area (Å²) in [4.78, 5) is 11.5. The summed E-state index contributed by atoms with van der Waals surface area (Å²) in [6, 6.07) is 0.384. The van der Waals surface area contributed by atoms with Crippen LogP contribution < -0.4 is 5.32 Å². The summed E-state index contributed by atoms with van der Waals surface area (Å²) in [6.07, 6.45) is 4.75. The molecule has 2 atom stereocenters. The number of piperidine rings is 1. The summed E-state index contributed by atoms with van der Waals surface area (Å²) in [5, 5.41) is 10.7. The summed E-state index contributed by atoms with van der Waals surface area (Å²) in [6.45, 7) is 11.6. The van der Waals surface area contributed by atoms with Crippen LogP contribution in [0.1, 0.15) is 58.7 Å². The van der Waals surface area contributed by atoms with Crippen LogP contribution in [0, 0.1) is 5.41 Å². The topological polar surface area (TPSA) is 78.4 Å². The van der Waals surface area contributed by atoms with Gasteiger partial charge in [0.25, 0.3) is 0 Å². The van der Waals surface area contributed by atoms with Gasteiger partial charge in [-0.2, -0.15) is 5.10 Å². The molecule has 0 bridgehead atoms. The monoisotopic (exact) mass is 348 g/mol. The molecular weight excluding hydrogens is 316 g/mol. The van der Waals surface area contributed by atoms with Crippen molar-refractivity contribution in [2.75, 3.05) is 26.7 Å². The highest BCUT2D eigenvalue weighted by Crippen LogP contribution is 2.51. The van der Waals surface area contributed by atoms with Gasteiger partial charge in [0.05, 0.1) is 5.60 Å². The van der Waals surface area contributed by atoms with Gasteiger partial charge < -0.3 is 15.0 Å². The Kier molecular flexibility index (Phi) is 5.04. The van der Waals surface area contributed by atoms with Gasteiger partial charge in [0, 0.05) is 44.1 Å². The lowest BCUT2D eigenvalue weighted by Crippen LogP contribution is -2.69. The molecule has 2 fully saturated rings. The van der Waals surface area contributed by atoms with Gasteiger partial charge in [-0.15, -0.1) is 0 Å². The number of ether oxygens (including phenoxy) is 1. The molecule has 2 unspecified atom stereocenters. The summed E-state index contributed by atoms with van der Waals surface area (Å²) in [5.41, 5.74) is 0.00962. The van der Waals surface area contributed by atoms with E-state index in [1.54, 1.807) is 6.33 Å². The lowest BCUT2D eigenvalue weighted by atomic mass is 9.56. The lowest BCUT2D eigenvalue weighted by molar-refractivity contribution is -0.177. The van der Waals surface area contributed by atoms with Gasteiger partial charge in [-0.1, -0.05) is 13.8 Å². The molecule has 0 amide bonds. The van der Waals surface area contributed by atoms with Gasteiger partial charge in [0.1, 0.15) is 12.2 Å². The molecular formula is C18H32N6O. The van der Waals surface area contributed by atoms with Crippen molar-refractivity contribution in [3.8, 4) is 0 Å². The molecule has 25 heavy (non-hydrogen) atoms. The molecule has 140 valence electrons. The van der Waals surface area contributed by atoms with Crippen LogP contribution in [0.2, 0.25) is 0 Å². The van der Waals surface area contributed by atoms with E-state index in [9.17, 15) is 0 Å². The maximum atomic E-state index is 5.75. The van der Waals surface area contributed by atoms with Gasteiger partial charge in [0.2, 0.25) is 0 Å². The number of hydrogen-bond donors (Lipinski definition) is 2. The van der Waals surface area contributed by atoms with E-state index in [1.165, 1.54) is 0 Å². The molecule has 1 aromatic rings. The molecule has 0 radical (unpaired) electrons. The Morgan fingerprint density at radius 2 is 2.12 bits per heavy atom. The second kappa shape index (κ2) is 6.94. The number of aromatic nitrogens is 3. The van der Waals surface area contributed by atoms with Gasteiger partial charge in [-0.3, -0.25) is 10.1 Å². The zero-order valence-electron chi connectivity index (χ0n) is 16.2. The van der Waals surface area contributed by atoms with E-state index in [1.807, 2.05) is 7.11 Å². The van der Waals surface area contributed by atoms with E-state index in [-0.39, 0.29) is 11.0 Å². The number of H-pyrrole nitrogens is 1. The molecule has 7 heteroatoms. The van der Waals surface area contributed by atoms with Crippen LogP contribution >= 0.6 is 0 Å². The van der Waals surface area contributed by atoms with E-state index in [0.29, 0.717) is 12.0 Å². The van der Waals surface area contributed by atoms with Crippen LogP contribution in [0.15, 0.2) is 11.3 Å². The summed E-state index contributed by atoms with van der Waals surface area (Å²) >= 11 is 0. The largest absolute Gasteiger partial charge is 0.378 e. The third-order valence-electron chi connectivity index (χ3n) is 6.50. The minimum Gasteiger partial charge on any atom is -0.378 e. The Bertz CT molecular complexity index is 591. The standard InChI is InChI=1S/C18H32N6O/c1-6-19-16(22-14-11-18(4,25-5)17(14,2)3)24-9-7-13(8-10-24)15-20-12-21-23-15/h12-14H,6-11H2,1-5H3,(H,19,22)(H,20,21,23). The van der Waals surface area contributed by atoms with Crippen molar-refractivity contribution >= 4 is 5.96 Å². The van der Waals surface area contributed by atoms with Crippen LogP contribution in [-0.4, -0.2) is 64.4 Å². The van der Waals surface area contributed by atoms with Gasteiger partial charge >= 0.3 is 0 Å². The third-order valence-corrected chi connectivity index (χ3v) is 6.50. The van der Waals surface area contributed by atoms with E-state index in [2.05, 4.69) is 53.1 Å². The fourth-order valence-corrected chi connectivity index (χ4v) is 4.04. The van der Waals surface area contributed by atoms with E-state index < -0.39 is 0 Å². The van der Waals surface area contributed by atoms with E-state index in [4.69, 9.17) is 9.73 Å². The molecule has 3 rings (SSSR count). The highest BCUT2D eigenvalue weighted by atomic mass is 16.5. The van der Waals surface area contributed by atoms with Crippen LogP contribution in [-0.2, 0) is 4.74 Å². The molecule has 1 saturated carbocycles. The highest BCUT2D eigenvalue weighted by molar-refractivity contribution is 5.80. The number of guanidine groups is 1. The third kappa shape index (κ3) is 3.26. The first-order valence-corrected chi connectivity index (χ1v) is 9.37. The first-order chi connectivity index (χ1) is 11.9. The Balaban J connectivity index is 1.61. The first kappa shape index (κ1) is 18.2. The normalized spacial score (nSPS) is 30.2. The average Bonchev–Trinajstić information content (AvgIpc) is 3.15. The van der Waals surface area contributed by atoms with Crippen molar-refractivity contribution in [3.63, 3.8) is 0 Å². The summed E-state index contributed by atoms with van der Waals surface area (Å²) < 4.78 is 5.75. The number of likely N-dealkylation sites (tertiary alicyclic amines) is 1. The molecule has 1 aromatic heterocycles. The maximum Gasteiger partial charge on any atom is 0.194 e. The maximum absolute atomic E-state index is 5.75. The van der Waals surface area contributed by atoms with E-state index in [0.717, 1.165) is 50.7 Å². The summed E-state index contributed by atoms with van der Waals surface area (Å²) in [7, 11) is 1.81. The molecule has 1 saturated heterocycles. The fraction of sp³-hybridized carbons (Fsp3) is 0.833. The smallest absolute Gasteiger partial charge is 0.194 e. The Morgan fingerprint density at radius 1 is 1.40 bits per heavy atom. The predicted molar refractivity (Wildman–Crippen MR) is 98.6 cm³/mol. The van der Waals surface area contributed by atoms with Crippen molar-refractivity contribution in [2.24, 2.45) is 10.4 Å². The van der Waals surface area contributed by atoms with Crippen LogP contribution in [0.5, 0.6) is 0 Å². The Morgan fingerprint density at radius 3 is 2.64 bits per heavy atom. The minimum absolute atomic E-state index is 0.0682. The van der Waals surface area contributed by atoms with Crippen LogP contribution in [0.4, 0.5) is 0 Å². The Hall–Kier alpha value is -1.63. The van der Waals surface area contributed by atoms with Gasteiger partial charge in [-0.25, -0.2) is 4.98 Å². The predicted octanol–water partition coefficient (Wildman–Crippen LogP) is 2.15. The minimum atomic E-state index is -0.0682. The number of rotatable bonds is 4. The molecule has 2 heterocycles. The highest BCUT2D eigenvalue weighted by Gasteiger charge is 2.58. The number of hydrogen-bond acceptors (Lipinski definition) is 4. The first-order valence-electron chi connectivity index (χ1n) is 9.37. The second-order valence-corrected chi connectivity index (χ2v) is 7.99. The number of aliphatic imine (C=N–C) groups is 1. The van der Waals surface area contributed by atoms with E-state index >= 15 is 0 Å². The molecule has 2 N–H and O–H groups in total. The number of nitrogens with one attached hydrogen (secondary N) is 2. The quantitative estimate of drug-likeness (QED) is 0.644. The van der Waals surface area contributed by atoms with Crippen molar-refractivity contribution < 1.29 is 4.74 Å². The lowest BCUT2D eigenvalue weighted by Gasteiger charge is -2.59. The number of nitrogens with zero attached hydrogens (tertiary/aromatic N) is 4. The number of methoxy groups -OCH3 is 1. The molecule has 7 nitrogen and oxygen atoms in total. The molecule has 0 aromatic carbocycles. The van der Waals surface area contributed by atoms with Crippen LogP contribution in [0.3, 0.4) is 0 Å². The molecule has 1 aliphatic heterocycles. The van der Waals surface area contributed by atoms with Gasteiger partial charge in [-0.05, 0) is 33.1 Å². The Labute approximate surface area is 150 Å². The molecule has 2 aliphatic rings. The van der Waals surface area contributed by atoms with Crippen molar-refractivity contribution in [3.05, 3.63) is 12.2 Å². The van der Waals surface area contributed by atoms with Crippen LogP contribution in [0.25, 0.3) is 0 Å². The zero-order chi connectivity index (χ0) is 18.1. The average molecular weight is 348 g/mol. The fourth-order valence-electron chi connectivity index (χ4n) is 4.04. The zero-order valence-corrected chi connectivity index (χ0v) is 16.2. The SMILES string of the molecule is CCN=C(NC1CC(C)(OC)C1(C)C)N1CCC(c2ncn[nH]2)CC1. The second-order valence-electron chi connectivity index (χ2n) is 7.99. The number of aromatic amines is 1. The summed E-state index contributed by atoms with van der Waals surface area (Å²) in [5.74, 6) is 2.52.